The molecule has 1 fully saturated rings. The molecule has 1 aromatic rings. The van der Waals surface area contributed by atoms with Gasteiger partial charge in [-0.2, -0.15) is 5.26 Å². The first-order valence-electron chi connectivity index (χ1n) is 5.21. The Morgan fingerprint density at radius 3 is 3.07 bits per heavy atom. The molecule has 1 heterocycles. The Hall–Kier alpha value is -0.850. The zero-order valence-corrected chi connectivity index (χ0v) is 10.0. The van der Waals surface area contributed by atoms with Crippen molar-refractivity contribution in [2.24, 2.45) is 0 Å². The zero-order valence-electron chi connectivity index (χ0n) is 8.46. The largest absolute Gasteiger partial charge is 0.314 e. The number of hydrogen-bond donors (Lipinski definition) is 1. The van der Waals surface area contributed by atoms with Crippen LogP contribution in [0.3, 0.4) is 0 Å². The van der Waals surface area contributed by atoms with Crippen LogP contribution in [-0.2, 0) is 6.42 Å². The molecular weight excluding hydrogens is 252 g/mol. The van der Waals surface area contributed by atoms with Gasteiger partial charge in [0.2, 0.25) is 0 Å². The maximum absolute atomic E-state index is 8.83. The van der Waals surface area contributed by atoms with E-state index in [0.29, 0.717) is 6.04 Å². The number of rotatable bonds is 2. The normalized spacial score (nSPS) is 20.1. The molecule has 1 N–H and O–H groups in total. The van der Waals surface area contributed by atoms with E-state index in [9.17, 15) is 0 Å². The van der Waals surface area contributed by atoms with Gasteiger partial charge in [-0.25, -0.2) is 0 Å². The average Bonchev–Trinajstić information content (AvgIpc) is 2.74. The van der Waals surface area contributed by atoms with Crippen molar-refractivity contribution < 1.29 is 0 Å². The highest BCUT2D eigenvalue weighted by molar-refractivity contribution is 9.10. The first kappa shape index (κ1) is 10.7. The van der Waals surface area contributed by atoms with Crippen molar-refractivity contribution in [1.82, 2.24) is 5.32 Å². The quantitative estimate of drug-likeness (QED) is 0.892. The maximum atomic E-state index is 8.83. The Bertz CT molecular complexity index is 389. The molecule has 0 spiro atoms. The van der Waals surface area contributed by atoms with Crippen LogP contribution in [0.15, 0.2) is 22.7 Å². The van der Waals surface area contributed by atoms with Crippen LogP contribution in [0.5, 0.6) is 0 Å². The molecule has 0 aromatic heterocycles. The lowest BCUT2D eigenvalue weighted by atomic mass is 10.0. The summed E-state index contributed by atoms with van der Waals surface area (Å²) >= 11 is 3.53. The predicted octanol–water partition coefficient (Wildman–Crippen LogP) is 2.62. The van der Waals surface area contributed by atoms with Gasteiger partial charge in [0.25, 0.3) is 0 Å². The van der Waals surface area contributed by atoms with E-state index in [2.05, 4.69) is 27.3 Å². The summed E-state index contributed by atoms with van der Waals surface area (Å²) in [5.41, 5.74) is 1.97. The lowest BCUT2D eigenvalue weighted by Crippen LogP contribution is -2.23. The van der Waals surface area contributed by atoms with E-state index in [1.54, 1.807) is 0 Å². The third kappa shape index (κ3) is 2.58. The number of nitrogens with zero attached hydrogens (tertiary/aromatic N) is 1. The fraction of sp³-hybridized carbons (Fsp3) is 0.417. The average molecular weight is 265 g/mol. The molecule has 2 rings (SSSR count). The summed E-state index contributed by atoms with van der Waals surface area (Å²) < 4.78 is 1.11. The lowest BCUT2D eigenvalue weighted by Gasteiger charge is -2.11. The molecule has 1 aromatic carbocycles. The molecule has 0 aliphatic carbocycles. The van der Waals surface area contributed by atoms with Gasteiger partial charge in [-0.15, -0.1) is 0 Å². The SMILES string of the molecule is N#Cc1ccc(Br)c(CC2CCCN2)c1. The molecule has 1 atom stereocenters. The third-order valence-corrected chi connectivity index (χ3v) is 3.58. The molecule has 1 unspecified atom stereocenters. The molecule has 3 heteroatoms. The minimum atomic E-state index is 0.579. The highest BCUT2D eigenvalue weighted by atomic mass is 79.9. The van der Waals surface area contributed by atoms with Crippen molar-refractivity contribution in [1.29, 1.82) is 5.26 Å². The van der Waals surface area contributed by atoms with E-state index < -0.39 is 0 Å². The van der Waals surface area contributed by atoms with Crippen LogP contribution in [0.4, 0.5) is 0 Å². The minimum Gasteiger partial charge on any atom is -0.314 e. The second kappa shape index (κ2) is 4.78. The van der Waals surface area contributed by atoms with Crippen LogP contribution in [0, 0.1) is 11.3 Å². The number of halogens is 1. The van der Waals surface area contributed by atoms with Crippen molar-refractivity contribution in [3.8, 4) is 6.07 Å². The summed E-state index contributed by atoms with van der Waals surface area (Å²) in [7, 11) is 0. The van der Waals surface area contributed by atoms with Gasteiger partial charge in [0.1, 0.15) is 0 Å². The van der Waals surface area contributed by atoms with E-state index >= 15 is 0 Å². The van der Waals surface area contributed by atoms with Gasteiger partial charge in [-0.3, -0.25) is 0 Å². The van der Waals surface area contributed by atoms with Crippen molar-refractivity contribution in [3.63, 3.8) is 0 Å². The van der Waals surface area contributed by atoms with Crippen LogP contribution in [0.25, 0.3) is 0 Å². The molecule has 1 saturated heterocycles. The second-order valence-electron chi connectivity index (χ2n) is 3.92. The first-order chi connectivity index (χ1) is 7.29. The van der Waals surface area contributed by atoms with Gasteiger partial charge >= 0.3 is 0 Å². The van der Waals surface area contributed by atoms with Crippen molar-refractivity contribution in [3.05, 3.63) is 33.8 Å². The van der Waals surface area contributed by atoms with Crippen molar-refractivity contribution in [2.75, 3.05) is 6.54 Å². The Labute approximate surface area is 98.4 Å². The number of nitriles is 1. The zero-order chi connectivity index (χ0) is 10.7. The van der Waals surface area contributed by atoms with Gasteiger partial charge in [0, 0.05) is 10.5 Å². The van der Waals surface area contributed by atoms with E-state index in [1.807, 2.05) is 18.2 Å². The second-order valence-corrected chi connectivity index (χ2v) is 4.77. The third-order valence-electron chi connectivity index (χ3n) is 2.80. The van der Waals surface area contributed by atoms with Crippen LogP contribution in [0.2, 0.25) is 0 Å². The molecule has 2 nitrogen and oxygen atoms in total. The topological polar surface area (TPSA) is 35.8 Å². The van der Waals surface area contributed by atoms with Crippen LogP contribution in [0.1, 0.15) is 24.0 Å². The predicted molar refractivity (Wildman–Crippen MR) is 63.6 cm³/mol. The fourth-order valence-corrected chi connectivity index (χ4v) is 2.41. The van der Waals surface area contributed by atoms with Gasteiger partial charge in [0.05, 0.1) is 11.6 Å². The Morgan fingerprint density at radius 2 is 2.40 bits per heavy atom. The summed E-state index contributed by atoms with van der Waals surface area (Å²) in [6.45, 7) is 1.13. The standard InChI is InChI=1S/C12H13BrN2/c13-12-4-3-9(8-14)6-10(12)7-11-2-1-5-15-11/h3-4,6,11,15H,1-2,5,7H2. The van der Waals surface area contributed by atoms with Crippen LogP contribution >= 0.6 is 15.9 Å². The summed E-state index contributed by atoms with van der Waals surface area (Å²) in [5, 5.41) is 12.3. The van der Waals surface area contributed by atoms with Gasteiger partial charge < -0.3 is 5.32 Å². The summed E-state index contributed by atoms with van der Waals surface area (Å²) in [6.07, 6.45) is 3.51. The fourth-order valence-electron chi connectivity index (χ4n) is 2.00. The van der Waals surface area contributed by atoms with Gasteiger partial charge in [-0.05, 0) is 49.6 Å². The molecule has 15 heavy (non-hydrogen) atoms. The molecule has 78 valence electrons. The smallest absolute Gasteiger partial charge is 0.0991 e. The van der Waals surface area contributed by atoms with E-state index in [0.717, 1.165) is 23.0 Å². The summed E-state index contributed by atoms with van der Waals surface area (Å²) in [4.78, 5) is 0. The van der Waals surface area contributed by atoms with E-state index in [1.165, 1.54) is 18.4 Å². The Kier molecular flexibility index (Phi) is 3.40. The first-order valence-corrected chi connectivity index (χ1v) is 6.01. The minimum absolute atomic E-state index is 0.579. The summed E-state index contributed by atoms with van der Waals surface area (Å²) in [5.74, 6) is 0. The summed E-state index contributed by atoms with van der Waals surface area (Å²) in [6, 6.07) is 8.54. The number of hydrogen-bond acceptors (Lipinski definition) is 2. The number of benzene rings is 1. The molecule has 1 aliphatic rings. The number of nitrogens with one attached hydrogen (secondary N) is 1. The van der Waals surface area contributed by atoms with Gasteiger partial charge in [-0.1, -0.05) is 15.9 Å². The van der Waals surface area contributed by atoms with Crippen molar-refractivity contribution in [2.45, 2.75) is 25.3 Å². The highest BCUT2D eigenvalue weighted by Gasteiger charge is 2.15. The molecule has 0 saturated carbocycles. The highest BCUT2D eigenvalue weighted by Crippen LogP contribution is 2.21. The lowest BCUT2D eigenvalue weighted by molar-refractivity contribution is 0.602. The molecule has 0 radical (unpaired) electrons. The molecule has 0 bridgehead atoms. The Balaban J connectivity index is 2.15. The Morgan fingerprint density at radius 1 is 1.53 bits per heavy atom. The molecule has 1 aliphatic heterocycles. The van der Waals surface area contributed by atoms with Crippen molar-refractivity contribution >= 4 is 15.9 Å². The van der Waals surface area contributed by atoms with E-state index in [-0.39, 0.29) is 0 Å². The monoisotopic (exact) mass is 264 g/mol. The maximum Gasteiger partial charge on any atom is 0.0991 e. The van der Waals surface area contributed by atoms with E-state index in [4.69, 9.17) is 5.26 Å². The molecule has 0 amide bonds. The molecular formula is C12H13BrN2. The van der Waals surface area contributed by atoms with Gasteiger partial charge in [0.15, 0.2) is 0 Å². The van der Waals surface area contributed by atoms with Crippen LogP contribution < -0.4 is 5.32 Å². The van der Waals surface area contributed by atoms with Crippen LogP contribution in [-0.4, -0.2) is 12.6 Å².